The summed E-state index contributed by atoms with van der Waals surface area (Å²) in [5.74, 6) is -2.34. The van der Waals surface area contributed by atoms with E-state index in [1.54, 1.807) is 43.3 Å². The molecule has 0 saturated carbocycles. The van der Waals surface area contributed by atoms with E-state index in [0.717, 1.165) is 63.5 Å². The van der Waals surface area contributed by atoms with Gasteiger partial charge in [0.25, 0.3) is 0 Å². The van der Waals surface area contributed by atoms with Gasteiger partial charge >= 0.3 is 23.9 Å². The van der Waals surface area contributed by atoms with E-state index >= 15 is 0 Å². The second-order valence-electron chi connectivity index (χ2n) is 11.2. The number of esters is 4. The van der Waals surface area contributed by atoms with Gasteiger partial charge in [-0.2, -0.15) is 0 Å². The van der Waals surface area contributed by atoms with Gasteiger partial charge in [0.15, 0.2) is 11.6 Å². The topological polar surface area (TPSA) is 124 Å². The largest absolute Gasteiger partial charge is 0.494 e. The van der Waals surface area contributed by atoms with Gasteiger partial charge in [0.2, 0.25) is 0 Å². The molecule has 0 aliphatic carbocycles. The number of carbonyl (C=O) groups excluding carboxylic acids is 4. The van der Waals surface area contributed by atoms with Crippen molar-refractivity contribution in [3.8, 4) is 23.0 Å². The molecule has 0 amide bonds. The van der Waals surface area contributed by atoms with Gasteiger partial charge in [-0.25, -0.2) is 23.6 Å². The lowest BCUT2D eigenvalue weighted by Gasteiger charge is -2.10. The number of hydrogen-bond donors (Lipinski definition) is 0. The van der Waals surface area contributed by atoms with Gasteiger partial charge in [0, 0.05) is 17.7 Å². The first kappa shape index (κ1) is 39.0. The summed E-state index contributed by atoms with van der Waals surface area (Å²) in [6.07, 6.45) is 7.91. The summed E-state index contributed by atoms with van der Waals surface area (Å²) >= 11 is 0. The first-order chi connectivity index (χ1) is 24.2. The number of ether oxygens (including phenoxy) is 6. The lowest BCUT2D eigenvalue weighted by Crippen LogP contribution is -2.11. The Morgan fingerprint density at radius 2 is 1.08 bits per heavy atom. The number of benzene rings is 3. The normalized spacial score (nSPS) is 10.4. The third-order valence-corrected chi connectivity index (χ3v) is 7.10. The van der Waals surface area contributed by atoms with Gasteiger partial charge in [-0.05, 0) is 119 Å². The fourth-order valence-corrected chi connectivity index (χ4v) is 4.34. The molecular formula is C39H43FO10. The summed E-state index contributed by atoms with van der Waals surface area (Å²) in [4.78, 5) is 47.6. The Labute approximate surface area is 291 Å². The van der Waals surface area contributed by atoms with E-state index in [-0.39, 0.29) is 28.6 Å². The van der Waals surface area contributed by atoms with E-state index in [1.165, 1.54) is 24.3 Å². The number of unbranched alkanes of at least 4 members (excludes halogenated alkanes) is 6. The zero-order valence-corrected chi connectivity index (χ0v) is 28.3. The summed E-state index contributed by atoms with van der Waals surface area (Å²) in [6, 6.07) is 16.2. The monoisotopic (exact) mass is 690 g/mol. The number of rotatable bonds is 22. The van der Waals surface area contributed by atoms with Crippen molar-refractivity contribution in [1.29, 1.82) is 0 Å². The van der Waals surface area contributed by atoms with E-state index in [9.17, 15) is 23.6 Å². The van der Waals surface area contributed by atoms with Gasteiger partial charge < -0.3 is 28.4 Å². The van der Waals surface area contributed by atoms with Crippen LogP contribution in [0.25, 0.3) is 0 Å². The molecule has 0 unspecified atom stereocenters. The molecule has 0 radical (unpaired) electrons. The Balaban J connectivity index is 1.35. The highest BCUT2D eigenvalue weighted by atomic mass is 19.1. The molecule has 0 bridgehead atoms. The molecule has 0 aliphatic heterocycles. The second kappa shape index (κ2) is 21.5. The molecule has 0 N–H and O–H groups in total. The Hall–Kier alpha value is -5.45. The van der Waals surface area contributed by atoms with Crippen LogP contribution in [0.5, 0.6) is 23.0 Å². The molecule has 3 aromatic carbocycles. The lowest BCUT2D eigenvalue weighted by molar-refractivity contribution is -0.139. The van der Waals surface area contributed by atoms with Crippen LogP contribution < -0.4 is 18.9 Å². The van der Waals surface area contributed by atoms with Crippen LogP contribution in [0.1, 0.15) is 79.0 Å². The van der Waals surface area contributed by atoms with E-state index in [0.29, 0.717) is 43.5 Å². The average molecular weight is 691 g/mol. The molecule has 3 rings (SSSR count). The summed E-state index contributed by atoms with van der Waals surface area (Å²) < 4.78 is 46.7. The fraction of sp³-hybridized carbons (Fsp3) is 0.333. The predicted octanol–water partition coefficient (Wildman–Crippen LogP) is 7.99. The molecule has 50 heavy (non-hydrogen) atoms. The molecule has 0 spiro atoms. The zero-order valence-electron chi connectivity index (χ0n) is 28.3. The molecule has 0 aromatic heterocycles. The fourth-order valence-electron chi connectivity index (χ4n) is 4.34. The molecule has 10 nitrogen and oxygen atoms in total. The SMILES string of the molecule is C=CC(=O)OCCCCCCOc1ccc(C(=O)Oc2ccc(OC(=O)c3ccc(OCCCCCCOC(=O)C(=C)C)cc3)cc2F)cc1. The first-order valence-electron chi connectivity index (χ1n) is 16.5. The van der Waals surface area contributed by atoms with Gasteiger partial charge in [0.05, 0.1) is 37.6 Å². The maximum absolute atomic E-state index is 14.8. The van der Waals surface area contributed by atoms with Gasteiger partial charge in [-0.1, -0.05) is 13.2 Å². The van der Waals surface area contributed by atoms with Crippen molar-refractivity contribution < 1.29 is 52.0 Å². The Bertz CT molecular complexity index is 1580. The van der Waals surface area contributed by atoms with Crippen molar-refractivity contribution >= 4 is 23.9 Å². The van der Waals surface area contributed by atoms with Gasteiger partial charge in [-0.15, -0.1) is 0 Å². The Kier molecular flexibility index (Phi) is 16.8. The molecule has 0 atom stereocenters. The minimum Gasteiger partial charge on any atom is -0.494 e. The predicted molar refractivity (Wildman–Crippen MR) is 184 cm³/mol. The van der Waals surface area contributed by atoms with E-state index < -0.39 is 23.7 Å². The Morgan fingerprint density at radius 3 is 1.56 bits per heavy atom. The Morgan fingerprint density at radius 1 is 0.620 bits per heavy atom. The van der Waals surface area contributed by atoms with Crippen LogP contribution in [-0.4, -0.2) is 50.3 Å². The maximum Gasteiger partial charge on any atom is 0.343 e. The smallest absolute Gasteiger partial charge is 0.343 e. The van der Waals surface area contributed by atoms with Crippen LogP contribution in [0.3, 0.4) is 0 Å². The molecule has 266 valence electrons. The molecule has 0 aliphatic rings. The molecule has 3 aromatic rings. The summed E-state index contributed by atoms with van der Waals surface area (Å²) in [5.41, 5.74) is 0.831. The van der Waals surface area contributed by atoms with E-state index in [2.05, 4.69) is 13.2 Å². The third kappa shape index (κ3) is 14.3. The first-order valence-corrected chi connectivity index (χ1v) is 16.5. The van der Waals surface area contributed by atoms with Crippen LogP contribution in [0.2, 0.25) is 0 Å². The third-order valence-electron chi connectivity index (χ3n) is 7.10. The molecule has 0 saturated heterocycles. The quantitative estimate of drug-likeness (QED) is 0.0444. The van der Waals surface area contributed by atoms with Crippen LogP contribution in [-0.2, 0) is 19.1 Å². The summed E-state index contributed by atoms with van der Waals surface area (Å²) in [7, 11) is 0. The van der Waals surface area contributed by atoms with Gasteiger partial charge in [0.1, 0.15) is 17.2 Å². The molecule has 0 fully saturated rings. The summed E-state index contributed by atoms with van der Waals surface area (Å²) in [5, 5.41) is 0. The zero-order chi connectivity index (χ0) is 36.1. The minimum atomic E-state index is -0.876. The van der Waals surface area contributed by atoms with Crippen LogP contribution in [0.4, 0.5) is 4.39 Å². The maximum atomic E-state index is 14.8. The molecule has 0 heterocycles. The van der Waals surface area contributed by atoms with Crippen molar-refractivity contribution in [1.82, 2.24) is 0 Å². The van der Waals surface area contributed by atoms with Crippen molar-refractivity contribution in [3.63, 3.8) is 0 Å². The van der Waals surface area contributed by atoms with E-state index in [1.807, 2.05) is 0 Å². The molecular weight excluding hydrogens is 647 g/mol. The standard InChI is InChI=1S/C39H43FO10/c1-4-36(41)47-25-11-7-5-9-23-46-32-19-15-30(16-20-32)39(44)50-35-22-21-33(27-34(35)40)49-38(43)29-13-17-31(18-14-29)45-24-10-6-8-12-26-48-37(42)28(2)3/h4,13-22,27H,1-2,5-12,23-26H2,3H3. The van der Waals surface area contributed by atoms with Crippen molar-refractivity contribution in [2.75, 3.05) is 26.4 Å². The van der Waals surface area contributed by atoms with Gasteiger partial charge in [-0.3, -0.25) is 0 Å². The summed E-state index contributed by atoms with van der Waals surface area (Å²) in [6.45, 7) is 10.2. The van der Waals surface area contributed by atoms with Crippen LogP contribution in [0.15, 0.2) is 91.5 Å². The lowest BCUT2D eigenvalue weighted by atomic mass is 10.2. The van der Waals surface area contributed by atoms with Crippen molar-refractivity contribution in [3.05, 3.63) is 108 Å². The number of carbonyl (C=O) groups is 4. The minimum absolute atomic E-state index is 0.0559. The number of hydrogen-bond acceptors (Lipinski definition) is 10. The van der Waals surface area contributed by atoms with Crippen LogP contribution in [0, 0.1) is 5.82 Å². The van der Waals surface area contributed by atoms with Crippen molar-refractivity contribution in [2.24, 2.45) is 0 Å². The van der Waals surface area contributed by atoms with Crippen LogP contribution >= 0.6 is 0 Å². The number of halogens is 1. The highest BCUT2D eigenvalue weighted by molar-refractivity contribution is 5.92. The molecule has 11 heteroatoms. The highest BCUT2D eigenvalue weighted by Gasteiger charge is 2.15. The van der Waals surface area contributed by atoms with Crippen molar-refractivity contribution in [2.45, 2.75) is 58.3 Å². The van der Waals surface area contributed by atoms with E-state index in [4.69, 9.17) is 28.4 Å². The second-order valence-corrected chi connectivity index (χ2v) is 11.2. The average Bonchev–Trinajstić information content (AvgIpc) is 3.11. The highest BCUT2D eigenvalue weighted by Crippen LogP contribution is 2.25.